The molecule has 2 aromatic rings. The van der Waals surface area contributed by atoms with Crippen LogP contribution in [0.2, 0.25) is 0 Å². The predicted molar refractivity (Wildman–Crippen MR) is 103 cm³/mol. The second-order valence-electron chi connectivity index (χ2n) is 6.22. The number of hydrogen-bond acceptors (Lipinski definition) is 4. The van der Waals surface area contributed by atoms with Gasteiger partial charge >= 0.3 is 6.03 Å². The zero-order valence-corrected chi connectivity index (χ0v) is 15.1. The Bertz CT molecular complexity index is 810. The molecule has 142 valence electrons. The highest BCUT2D eigenvalue weighted by molar-refractivity contribution is 5.96. The van der Waals surface area contributed by atoms with E-state index in [1.807, 2.05) is 42.5 Å². The fourth-order valence-corrected chi connectivity index (χ4v) is 3.17. The molecule has 7 heteroatoms. The van der Waals surface area contributed by atoms with Crippen LogP contribution in [0.4, 0.5) is 10.5 Å². The summed E-state index contributed by atoms with van der Waals surface area (Å²) in [6.07, 6.45) is 0.195. The number of carbonyl (C=O) groups is 2. The van der Waals surface area contributed by atoms with Crippen molar-refractivity contribution in [2.75, 3.05) is 32.1 Å². The molecule has 1 unspecified atom stereocenters. The zero-order chi connectivity index (χ0) is 19.2. The van der Waals surface area contributed by atoms with Crippen molar-refractivity contribution >= 4 is 17.6 Å². The number of nitrogens with zero attached hydrogens (tertiary/aromatic N) is 1. The number of urea groups is 1. The van der Waals surface area contributed by atoms with Crippen LogP contribution < -0.4 is 15.4 Å². The molecule has 0 saturated carbocycles. The van der Waals surface area contributed by atoms with Crippen LogP contribution in [0.3, 0.4) is 0 Å². The number of aliphatic hydroxyl groups excluding tert-OH is 1. The molecule has 0 aromatic heterocycles. The number of amides is 3. The maximum Gasteiger partial charge on any atom is 0.322 e. The molecule has 1 saturated heterocycles. The van der Waals surface area contributed by atoms with E-state index >= 15 is 0 Å². The van der Waals surface area contributed by atoms with Crippen LogP contribution in [0.15, 0.2) is 48.5 Å². The molecule has 3 amide bonds. The van der Waals surface area contributed by atoms with Gasteiger partial charge in [-0.3, -0.25) is 4.79 Å². The number of methoxy groups -OCH3 is 1. The number of ether oxygens (including phenoxy) is 1. The molecule has 0 bridgehead atoms. The van der Waals surface area contributed by atoms with Gasteiger partial charge in [-0.1, -0.05) is 36.4 Å². The largest absolute Gasteiger partial charge is 0.495 e. The lowest BCUT2D eigenvalue weighted by Gasteiger charge is -2.34. The summed E-state index contributed by atoms with van der Waals surface area (Å²) in [6, 6.07) is 14.3. The third-order valence-corrected chi connectivity index (χ3v) is 4.54. The van der Waals surface area contributed by atoms with Crippen molar-refractivity contribution in [2.24, 2.45) is 0 Å². The van der Waals surface area contributed by atoms with Crippen molar-refractivity contribution in [3.8, 4) is 16.9 Å². The van der Waals surface area contributed by atoms with Gasteiger partial charge in [0, 0.05) is 19.7 Å². The average molecular weight is 369 g/mol. The Morgan fingerprint density at radius 2 is 2.04 bits per heavy atom. The van der Waals surface area contributed by atoms with Gasteiger partial charge in [-0.25, -0.2) is 4.79 Å². The minimum absolute atomic E-state index is 0.172. The summed E-state index contributed by atoms with van der Waals surface area (Å²) in [5.74, 6) is 0.277. The average Bonchev–Trinajstić information content (AvgIpc) is 2.70. The monoisotopic (exact) mass is 369 g/mol. The smallest absolute Gasteiger partial charge is 0.322 e. The van der Waals surface area contributed by atoms with Crippen molar-refractivity contribution in [3.63, 3.8) is 0 Å². The molecular formula is C20H23N3O4. The summed E-state index contributed by atoms with van der Waals surface area (Å²) >= 11 is 0. The van der Waals surface area contributed by atoms with Crippen molar-refractivity contribution < 1.29 is 19.4 Å². The van der Waals surface area contributed by atoms with E-state index in [-0.39, 0.29) is 18.9 Å². The lowest BCUT2D eigenvalue weighted by atomic mass is 10.0. The number of anilines is 1. The zero-order valence-electron chi connectivity index (χ0n) is 15.1. The van der Waals surface area contributed by atoms with Crippen LogP contribution >= 0.6 is 0 Å². The Balaban J connectivity index is 1.85. The van der Waals surface area contributed by atoms with E-state index in [1.165, 1.54) is 12.0 Å². The van der Waals surface area contributed by atoms with Gasteiger partial charge < -0.3 is 25.4 Å². The maximum atomic E-state index is 12.8. The van der Waals surface area contributed by atoms with Crippen LogP contribution in [0.5, 0.6) is 5.75 Å². The van der Waals surface area contributed by atoms with Gasteiger partial charge in [0.15, 0.2) is 0 Å². The van der Waals surface area contributed by atoms with E-state index < -0.39 is 12.1 Å². The normalized spacial score (nSPS) is 16.6. The summed E-state index contributed by atoms with van der Waals surface area (Å²) in [5.41, 5.74) is 2.48. The Morgan fingerprint density at radius 3 is 2.74 bits per heavy atom. The molecule has 7 nitrogen and oxygen atoms in total. The van der Waals surface area contributed by atoms with Gasteiger partial charge in [-0.2, -0.15) is 0 Å². The molecule has 1 heterocycles. The highest BCUT2D eigenvalue weighted by Crippen LogP contribution is 2.31. The Morgan fingerprint density at radius 1 is 1.26 bits per heavy atom. The van der Waals surface area contributed by atoms with E-state index in [9.17, 15) is 14.7 Å². The van der Waals surface area contributed by atoms with E-state index in [4.69, 9.17) is 4.74 Å². The summed E-state index contributed by atoms with van der Waals surface area (Å²) in [4.78, 5) is 26.3. The summed E-state index contributed by atoms with van der Waals surface area (Å²) < 4.78 is 5.37. The molecule has 3 N–H and O–H groups in total. The molecule has 2 aromatic carbocycles. The Labute approximate surface area is 157 Å². The van der Waals surface area contributed by atoms with Crippen LogP contribution in [0.1, 0.15) is 6.42 Å². The standard InChI is InChI=1S/C20H23N3O4/c1-27-18-8-7-15(14-5-3-2-4-6-14)13-16(18)22-20(26)23-11-10-21-19(25)17(23)9-12-24/h2-8,13,17,24H,9-12H2,1H3,(H,21,25)(H,22,26). The first-order chi connectivity index (χ1) is 13.1. The maximum absolute atomic E-state index is 12.8. The minimum Gasteiger partial charge on any atom is -0.495 e. The van der Waals surface area contributed by atoms with E-state index in [2.05, 4.69) is 10.6 Å². The molecule has 1 atom stereocenters. The second kappa shape index (κ2) is 8.55. The number of benzene rings is 2. The fourth-order valence-electron chi connectivity index (χ4n) is 3.17. The molecule has 0 spiro atoms. The number of carbonyl (C=O) groups excluding carboxylic acids is 2. The molecule has 1 aliphatic rings. The molecule has 0 aliphatic carbocycles. The van der Waals surface area contributed by atoms with Gasteiger partial charge in [0.25, 0.3) is 0 Å². The lowest BCUT2D eigenvalue weighted by Crippen LogP contribution is -2.58. The molecule has 3 rings (SSSR count). The number of aliphatic hydroxyl groups is 1. The van der Waals surface area contributed by atoms with Gasteiger partial charge in [0.1, 0.15) is 11.8 Å². The Hall–Kier alpha value is -3.06. The number of hydrogen-bond donors (Lipinski definition) is 3. The van der Waals surface area contributed by atoms with Crippen LogP contribution in [-0.4, -0.2) is 54.8 Å². The topological polar surface area (TPSA) is 90.9 Å². The molecule has 1 aliphatic heterocycles. The highest BCUT2D eigenvalue weighted by Gasteiger charge is 2.32. The van der Waals surface area contributed by atoms with E-state index in [1.54, 1.807) is 6.07 Å². The third-order valence-electron chi connectivity index (χ3n) is 4.54. The fraction of sp³-hybridized carbons (Fsp3) is 0.300. The van der Waals surface area contributed by atoms with E-state index in [0.717, 1.165) is 11.1 Å². The van der Waals surface area contributed by atoms with Gasteiger partial charge in [-0.15, -0.1) is 0 Å². The van der Waals surface area contributed by atoms with Crippen LogP contribution in [0, 0.1) is 0 Å². The number of rotatable bonds is 5. The van der Waals surface area contributed by atoms with Crippen molar-refractivity contribution in [3.05, 3.63) is 48.5 Å². The van der Waals surface area contributed by atoms with Gasteiger partial charge in [-0.05, 0) is 29.7 Å². The SMILES string of the molecule is COc1ccc(-c2ccccc2)cc1NC(=O)N1CCNC(=O)C1CCO. The molecule has 1 fully saturated rings. The molecular weight excluding hydrogens is 346 g/mol. The first kappa shape index (κ1) is 18.7. The summed E-state index contributed by atoms with van der Waals surface area (Å²) in [5, 5.41) is 14.8. The van der Waals surface area contributed by atoms with Crippen LogP contribution in [0.25, 0.3) is 11.1 Å². The second-order valence-corrected chi connectivity index (χ2v) is 6.22. The molecule has 0 radical (unpaired) electrons. The van der Waals surface area contributed by atoms with Crippen molar-refractivity contribution in [1.82, 2.24) is 10.2 Å². The van der Waals surface area contributed by atoms with Gasteiger partial charge in [0.2, 0.25) is 5.91 Å². The quantitative estimate of drug-likeness (QED) is 0.753. The van der Waals surface area contributed by atoms with Crippen molar-refractivity contribution in [1.29, 1.82) is 0 Å². The first-order valence-electron chi connectivity index (χ1n) is 8.83. The third kappa shape index (κ3) is 4.20. The highest BCUT2D eigenvalue weighted by atomic mass is 16.5. The predicted octanol–water partition coefficient (Wildman–Crippen LogP) is 2.08. The van der Waals surface area contributed by atoms with Crippen molar-refractivity contribution in [2.45, 2.75) is 12.5 Å². The Kier molecular flexibility index (Phi) is 5.93. The summed E-state index contributed by atoms with van der Waals surface area (Å²) in [7, 11) is 1.54. The summed E-state index contributed by atoms with van der Waals surface area (Å²) in [6.45, 7) is 0.590. The lowest BCUT2D eigenvalue weighted by molar-refractivity contribution is -0.128. The van der Waals surface area contributed by atoms with Crippen LogP contribution in [-0.2, 0) is 4.79 Å². The molecule has 27 heavy (non-hydrogen) atoms. The first-order valence-corrected chi connectivity index (χ1v) is 8.83. The minimum atomic E-state index is -0.688. The van der Waals surface area contributed by atoms with E-state index in [0.29, 0.717) is 24.5 Å². The van der Waals surface area contributed by atoms with Gasteiger partial charge in [0.05, 0.1) is 12.8 Å². The number of nitrogens with one attached hydrogen (secondary N) is 2. The number of piperazine rings is 1.